The quantitative estimate of drug-likeness (QED) is 0.587. The Bertz CT molecular complexity index is 829. The molecule has 0 saturated carbocycles. The number of furan rings is 1. The average Bonchev–Trinajstić information content (AvgIpc) is 2.86. The lowest BCUT2D eigenvalue weighted by molar-refractivity contribution is 0.0975. The predicted molar refractivity (Wildman–Crippen MR) is 76.5 cm³/mol. The minimum atomic E-state index is -3.88. The van der Waals surface area contributed by atoms with Crippen LogP contribution in [-0.4, -0.2) is 20.5 Å². The molecule has 0 radical (unpaired) electrons. The fourth-order valence-corrected chi connectivity index (χ4v) is 2.34. The normalized spacial score (nSPS) is 11.4. The van der Waals surface area contributed by atoms with Crippen LogP contribution in [-0.2, 0) is 16.5 Å². The number of hydrogen-bond acceptors (Lipinski definition) is 7. The van der Waals surface area contributed by atoms with Crippen molar-refractivity contribution in [2.24, 2.45) is 0 Å². The Hall–Kier alpha value is -2.35. The number of carbonyl (C=O) groups is 1. The zero-order chi connectivity index (χ0) is 16.3. The van der Waals surface area contributed by atoms with E-state index in [-0.39, 0.29) is 24.4 Å². The lowest BCUT2D eigenvalue weighted by atomic mass is 10.1. The molecule has 0 saturated heterocycles. The van der Waals surface area contributed by atoms with Crippen molar-refractivity contribution in [2.75, 3.05) is 6.26 Å². The fraction of sp³-hybridized carbons (Fsp3) is 0.286. The zero-order valence-electron chi connectivity index (χ0n) is 12.0. The second-order valence-corrected chi connectivity index (χ2v) is 6.25. The molecule has 0 aromatic carbocycles. The van der Waals surface area contributed by atoms with Crippen molar-refractivity contribution in [3.05, 3.63) is 52.0 Å². The van der Waals surface area contributed by atoms with Crippen LogP contribution in [0.4, 0.5) is 0 Å². The van der Waals surface area contributed by atoms with Gasteiger partial charge in [-0.2, -0.15) is 8.42 Å². The van der Waals surface area contributed by atoms with Gasteiger partial charge in [0.2, 0.25) is 0 Å². The Balaban J connectivity index is 2.32. The van der Waals surface area contributed by atoms with Crippen molar-refractivity contribution in [3.8, 4) is 5.75 Å². The van der Waals surface area contributed by atoms with E-state index in [1.165, 1.54) is 19.3 Å². The van der Waals surface area contributed by atoms with Crippen LogP contribution in [0.5, 0.6) is 5.75 Å². The summed E-state index contributed by atoms with van der Waals surface area (Å²) in [5, 5.41) is 0. The maximum absolute atomic E-state index is 12.2. The number of Topliss-reactive ketones (excluding diaryl/α,β-unsaturated/α-hetero) is 1. The van der Waals surface area contributed by atoms with E-state index >= 15 is 0 Å². The number of hydrogen-bond donors (Lipinski definition) is 0. The zero-order valence-corrected chi connectivity index (χ0v) is 12.8. The highest BCUT2D eigenvalue weighted by Crippen LogP contribution is 2.20. The van der Waals surface area contributed by atoms with E-state index in [1.807, 2.05) is 0 Å². The Morgan fingerprint density at radius 1 is 1.36 bits per heavy atom. The first kappa shape index (κ1) is 16.0. The molecule has 2 aromatic rings. The van der Waals surface area contributed by atoms with Crippen molar-refractivity contribution in [2.45, 2.75) is 19.8 Å². The van der Waals surface area contributed by atoms with Crippen LogP contribution in [0.15, 0.2) is 38.1 Å². The van der Waals surface area contributed by atoms with Gasteiger partial charge < -0.3 is 13.0 Å². The summed E-state index contributed by atoms with van der Waals surface area (Å²) in [7, 11) is -3.88. The largest absolute Gasteiger partial charge is 0.469 e. The summed E-state index contributed by atoms with van der Waals surface area (Å²) < 4.78 is 37.2. The van der Waals surface area contributed by atoms with Crippen LogP contribution in [0.2, 0.25) is 0 Å². The average molecular weight is 326 g/mol. The molecule has 118 valence electrons. The predicted octanol–water partition coefficient (Wildman–Crippen LogP) is 1.70. The van der Waals surface area contributed by atoms with Crippen molar-refractivity contribution in [3.63, 3.8) is 0 Å². The van der Waals surface area contributed by atoms with E-state index in [0.29, 0.717) is 5.76 Å². The molecule has 0 spiro atoms. The molecule has 0 aliphatic heterocycles. The van der Waals surface area contributed by atoms with Crippen LogP contribution in [0.25, 0.3) is 0 Å². The van der Waals surface area contributed by atoms with Crippen LogP contribution < -0.4 is 9.81 Å². The van der Waals surface area contributed by atoms with Crippen LogP contribution >= 0.6 is 0 Å². The minimum Gasteiger partial charge on any atom is -0.469 e. The van der Waals surface area contributed by atoms with Gasteiger partial charge in [0.05, 0.1) is 12.5 Å². The summed E-state index contributed by atoms with van der Waals surface area (Å²) in [4.78, 5) is 24.1. The summed E-state index contributed by atoms with van der Waals surface area (Å²) in [5.41, 5.74) is -1.34. The Morgan fingerprint density at radius 3 is 2.68 bits per heavy atom. The molecular weight excluding hydrogens is 312 g/mol. The molecule has 0 atom stereocenters. The van der Waals surface area contributed by atoms with E-state index in [9.17, 15) is 18.0 Å². The molecule has 0 amide bonds. The summed E-state index contributed by atoms with van der Waals surface area (Å²) in [5.74, 6) is -0.175. The molecule has 0 N–H and O–H groups in total. The van der Waals surface area contributed by atoms with Gasteiger partial charge in [0.1, 0.15) is 17.1 Å². The number of carbonyl (C=O) groups excluding carboxylic acids is 1. The van der Waals surface area contributed by atoms with E-state index < -0.39 is 27.1 Å². The van der Waals surface area contributed by atoms with Gasteiger partial charge in [-0.25, -0.2) is 4.79 Å². The smallest absolute Gasteiger partial charge is 0.350 e. The maximum atomic E-state index is 12.2. The SMILES string of the molecule is Cc1cc(OS(C)(=O)=O)c(C(=O)CCc2ccco2)c(=O)o1. The lowest BCUT2D eigenvalue weighted by Gasteiger charge is -2.08. The Morgan fingerprint density at radius 2 is 2.09 bits per heavy atom. The Labute approximate surface area is 126 Å². The van der Waals surface area contributed by atoms with Crippen molar-refractivity contribution < 1.29 is 26.2 Å². The molecular formula is C14H14O7S. The second kappa shape index (κ2) is 6.18. The van der Waals surface area contributed by atoms with Gasteiger partial charge in [-0.05, 0) is 19.1 Å². The molecule has 0 aliphatic rings. The first-order valence-electron chi connectivity index (χ1n) is 6.36. The number of rotatable bonds is 6. The molecule has 0 unspecified atom stereocenters. The lowest BCUT2D eigenvalue weighted by Crippen LogP contribution is -2.19. The van der Waals surface area contributed by atoms with Crippen molar-refractivity contribution >= 4 is 15.9 Å². The highest BCUT2D eigenvalue weighted by atomic mass is 32.2. The van der Waals surface area contributed by atoms with Crippen molar-refractivity contribution in [1.82, 2.24) is 0 Å². The van der Waals surface area contributed by atoms with Gasteiger partial charge >= 0.3 is 15.7 Å². The standard InChI is InChI=1S/C14H14O7S/c1-9-8-12(21-22(2,17)18)13(14(16)20-9)11(15)6-5-10-4-3-7-19-10/h3-4,7-8H,5-6H2,1-2H3. The summed E-state index contributed by atoms with van der Waals surface area (Å²) in [6.45, 7) is 1.45. The molecule has 2 heterocycles. The Kier molecular flexibility index (Phi) is 4.51. The van der Waals surface area contributed by atoms with E-state index in [2.05, 4.69) is 0 Å². The monoisotopic (exact) mass is 326 g/mol. The molecule has 2 rings (SSSR count). The third-order valence-corrected chi connectivity index (χ3v) is 3.22. The van der Waals surface area contributed by atoms with Gasteiger partial charge in [-0.1, -0.05) is 0 Å². The highest BCUT2D eigenvalue weighted by molar-refractivity contribution is 7.86. The minimum absolute atomic E-state index is 0.0402. The van der Waals surface area contributed by atoms with Gasteiger partial charge in [0, 0.05) is 18.9 Å². The summed E-state index contributed by atoms with van der Waals surface area (Å²) >= 11 is 0. The van der Waals surface area contributed by atoms with E-state index in [1.54, 1.807) is 12.1 Å². The van der Waals surface area contributed by atoms with Gasteiger partial charge in [0.25, 0.3) is 0 Å². The van der Waals surface area contributed by atoms with Crippen LogP contribution in [0, 0.1) is 6.92 Å². The molecule has 22 heavy (non-hydrogen) atoms. The molecule has 7 nitrogen and oxygen atoms in total. The highest BCUT2D eigenvalue weighted by Gasteiger charge is 2.22. The first-order valence-corrected chi connectivity index (χ1v) is 8.17. The van der Waals surface area contributed by atoms with Gasteiger partial charge in [-0.15, -0.1) is 0 Å². The summed E-state index contributed by atoms with van der Waals surface area (Å²) in [6, 6.07) is 4.57. The van der Waals surface area contributed by atoms with Crippen molar-refractivity contribution in [1.29, 1.82) is 0 Å². The third-order valence-electron chi connectivity index (χ3n) is 2.74. The fourth-order valence-electron chi connectivity index (χ4n) is 1.88. The number of aryl methyl sites for hydroxylation is 2. The van der Waals surface area contributed by atoms with Crippen LogP contribution in [0.3, 0.4) is 0 Å². The van der Waals surface area contributed by atoms with Gasteiger partial charge in [0.15, 0.2) is 11.5 Å². The van der Waals surface area contributed by atoms with Crippen LogP contribution in [0.1, 0.15) is 28.3 Å². The molecule has 0 fully saturated rings. The van der Waals surface area contributed by atoms with Gasteiger partial charge in [-0.3, -0.25) is 4.79 Å². The maximum Gasteiger partial charge on any atom is 0.350 e. The third kappa shape index (κ3) is 4.08. The number of ketones is 1. The second-order valence-electron chi connectivity index (χ2n) is 4.67. The summed E-state index contributed by atoms with van der Waals surface area (Å²) in [6.07, 6.45) is 2.53. The van der Waals surface area contributed by atoms with E-state index in [4.69, 9.17) is 13.0 Å². The molecule has 0 aliphatic carbocycles. The molecule has 8 heteroatoms. The molecule has 0 bridgehead atoms. The first-order chi connectivity index (χ1) is 10.3. The molecule has 2 aromatic heterocycles. The van der Waals surface area contributed by atoms with E-state index in [0.717, 1.165) is 6.26 Å². The topological polar surface area (TPSA) is 104 Å².